The predicted molar refractivity (Wildman–Crippen MR) is 144 cm³/mol. The van der Waals surface area contributed by atoms with E-state index in [-0.39, 0.29) is 42.7 Å². The summed E-state index contributed by atoms with van der Waals surface area (Å²) in [5.41, 5.74) is 0.658. The number of likely N-dealkylation sites (tertiary alicyclic amines) is 1. The number of aliphatic hydroxyl groups excluding tert-OH is 1. The lowest BCUT2D eigenvalue weighted by Gasteiger charge is -2.37. The van der Waals surface area contributed by atoms with Gasteiger partial charge < -0.3 is 19.8 Å². The Balaban J connectivity index is 1.74. The summed E-state index contributed by atoms with van der Waals surface area (Å²) in [7, 11) is 0. The van der Waals surface area contributed by atoms with Gasteiger partial charge in [-0.1, -0.05) is 30.7 Å². The van der Waals surface area contributed by atoms with Crippen molar-refractivity contribution in [2.75, 3.05) is 37.7 Å². The molecule has 2 bridgehead atoms. The van der Waals surface area contributed by atoms with Crippen LogP contribution in [0.4, 0.5) is 5.69 Å². The number of benzene rings is 1. The van der Waals surface area contributed by atoms with Crippen LogP contribution in [0.25, 0.3) is 0 Å². The van der Waals surface area contributed by atoms with Crippen LogP contribution in [0.1, 0.15) is 26.2 Å². The maximum absolute atomic E-state index is 14.2. The zero-order valence-electron chi connectivity index (χ0n) is 20.6. The predicted octanol–water partition coefficient (Wildman–Crippen LogP) is 3.37. The van der Waals surface area contributed by atoms with E-state index < -0.39 is 22.6 Å². The third-order valence-electron chi connectivity index (χ3n) is 7.53. The Morgan fingerprint density at radius 3 is 2.53 bits per heavy atom. The number of aliphatic hydroxyl groups is 1. The number of rotatable bonds is 11. The minimum atomic E-state index is -0.774. The first-order chi connectivity index (χ1) is 17.3. The van der Waals surface area contributed by atoms with Gasteiger partial charge in [0, 0.05) is 42.1 Å². The molecule has 3 aliphatic rings. The molecule has 1 spiro atoms. The van der Waals surface area contributed by atoms with Crippen molar-refractivity contribution in [3.05, 3.63) is 54.6 Å². The van der Waals surface area contributed by atoms with E-state index in [9.17, 15) is 19.5 Å². The lowest BCUT2D eigenvalue weighted by molar-refractivity contribution is -0.144. The molecule has 0 saturated carbocycles. The van der Waals surface area contributed by atoms with Crippen molar-refractivity contribution in [3.63, 3.8) is 0 Å². The van der Waals surface area contributed by atoms with Crippen LogP contribution < -0.4 is 4.90 Å². The van der Waals surface area contributed by atoms with Crippen molar-refractivity contribution in [1.82, 2.24) is 9.80 Å². The molecule has 0 radical (unpaired) electrons. The molecule has 3 saturated heterocycles. The maximum Gasteiger partial charge on any atom is 0.251 e. The third-order valence-corrected chi connectivity index (χ3v) is 9.73. The molecule has 2 unspecified atom stereocenters. The molecular formula is C27H34ClN3O4S. The van der Waals surface area contributed by atoms with Crippen LogP contribution in [0.2, 0.25) is 5.02 Å². The van der Waals surface area contributed by atoms with Crippen molar-refractivity contribution < 1.29 is 19.5 Å². The van der Waals surface area contributed by atoms with Crippen LogP contribution in [0.15, 0.2) is 49.6 Å². The Labute approximate surface area is 222 Å². The third kappa shape index (κ3) is 4.37. The zero-order valence-corrected chi connectivity index (χ0v) is 22.2. The summed E-state index contributed by atoms with van der Waals surface area (Å²) >= 11 is 7.70. The monoisotopic (exact) mass is 531 g/mol. The summed E-state index contributed by atoms with van der Waals surface area (Å²) in [6, 6.07) is 6.22. The number of amides is 3. The van der Waals surface area contributed by atoms with E-state index in [1.54, 1.807) is 58.0 Å². The van der Waals surface area contributed by atoms with Crippen molar-refractivity contribution in [2.24, 2.45) is 11.8 Å². The molecule has 4 rings (SSSR count). The summed E-state index contributed by atoms with van der Waals surface area (Å²) in [5, 5.41) is 10.4. The van der Waals surface area contributed by atoms with E-state index in [0.717, 1.165) is 12.8 Å². The van der Waals surface area contributed by atoms with Gasteiger partial charge in [-0.25, -0.2) is 0 Å². The largest absolute Gasteiger partial charge is 0.395 e. The summed E-state index contributed by atoms with van der Waals surface area (Å²) < 4.78 is -0.702. The van der Waals surface area contributed by atoms with E-state index in [2.05, 4.69) is 13.2 Å². The highest BCUT2D eigenvalue weighted by molar-refractivity contribution is 8.02. The second-order valence-electron chi connectivity index (χ2n) is 9.60. The number of carbonyl (C=O) groups excluding carboxylic acids is 3. The Bertz CT molecular complexity index is 1030. The molecule has 3 amide bonds. The second-order valence-corrected chi connectivity index (χ2v) is 11.6. The molecule has 36 heavy (non-hydrogen) atoms. The van der Waals surface area contributed by atoms with Gasteiger partial charge in [0.05, 0.1) is 23.2 Å². The maximum atomic E-state index is 14.2. The molecular weight excluding hydrogens is 498 g/mol. The van der Waals surface area contributed by atoms with Gasteiger partial charge in [0.25, 0.3) is 5.91 Å². The fourth-order valence-electron chi connectivity index (χ4n) is 6.21. The zero-order chi connectivity index (χ0) is 26.0. The van der Waals surface area contributed by atoms with Crippen LogP contribution in [0, 0.1) is 11.8 Å². The van der Waals surface area contributed by atoms with E-state index in [4.69, 9.17) is 11.6 Å². The Morgan fingerprint density at radius 2 is 1.92 bits per heavy atom. The van der Waals surface area contributed by atoms with Crippen molar-refractivity contribution >= 4 is 46.8 Å². The fourth-order valence-corrected chi connectivity index (χ4v) is 8.54. The number of β-amino-alcohol motifs (C(OH)–C–C–N with tert-alkyl or cyclic N) is 1. The quantitative estimate of drug-likeness (QED) is 0.443. The van der Waals surface area contributed by atoms with Gasteiger partial charge in [0.1, 0.15) is 6.04 Å². The smallest absolute Gasteiger partial charge is 0.251 e. The highest BCUT2D eigenvalue weighted by Crippen LogP contribution is 2.66. The summed E-state index contributed by atoms with van der Waals surface area (Å²) in [5.74, 6) is -1.54. The molecule has 3 aliphatic heterocycles. The number of anilines is 1. The van der Waals surface area contributed by atoms with Gasteiger partial charge in [-0.05, 0) is 43.5 Å². The summed E-state index contributed by atoms with van der Waals surface area (Å²) in [6.07, 6.45) is 5.63. The molecule has 0 aliphatic carbocycles. The molecule has 3 heterocycles. The molecule has 1 aromatic rings. The molecule has 3 fully saturated rings. The SMILES string of the molecule is C=CCN(CCC)C(=O)[C@@H]1[C@H]2C(=O)N(CCO)C(C(=O)N(CC=C)c3ccc(Cl)cc3)C23CC[C@H]1S3. The average Bonchev–Trinajstić information content (AvgIpc) is 3.50. The van der Waals surface area contributed by atoms with E-state index in [1.807, 2.05) is 6.92 Å². The van der Waals surface area contributed by atoms with Crippen LogP contribution in [0.3, 0.4) is 0 Å². The lowest BCUT2D eigenvalue weighted by atomic mass is 9.70. The molecule has 1 N–H and O–H groups in total. The number of hydrogen-bond donors (Lipinski definition) is 1. The first-order valence-corrected chi connectivity index (χ1v) is 13.8. The van der Waals surface area contributed by atoms with Crippen LogP contribution in [-0.4, -0.2) is 81.5 Å². The number of fused-ring (bicyclic) bond motifs is 1. The standard InChI is InChI=1S/C27H34ClN3O4S/c1-4-13-29(14-5-2)24(33)21-20-11-12-27(36-20)22(21)25(34)31(16-17-32)23(27)26(35)30(15-6-3)19-9-7-18(28)8-10-19/h4,6-10,20-23,32H,1,3,5,11-17H2,2H3/t20-,21+,22+,23?,27?/m1/s1. The normalized spacial score (nSPS) is 28.2. The van der Waals surface area contributed by atoms with Crippen LogP contribution in [-0.2, 0) is 14.4 Å². The number of thioether (sulfide) groups is 1. The fraction of sp³-hybridized carbons (Fsp3) is 0.519. The number of carbonyl (C=O) groups is 3. The molecule has 0 aromatic heterocycles. The highest BCUT2D eigenvalue weighted by Gasteiger charge is 2.74. The summed E-state index contributed by atoms with van der Waals surface area (Å²) in [6.45, 7) is 10.7. The molecule has 194 valence electrons. The molecule has 7 nitrogen and oxygen atoms in total. The molecule has 5 atom stereocenters. The lowest BCUT2D eigenvalue weighted by Crippen LogP contribution is -2.55. The minimum absolute atomic E-state index is 0.00872. The second kappa shape index (κ2) is 11.0. The number of nitrogens with zero attached hydrogens (tertiary/aromatic N) is 3. The first kappa shape index (κ1) is 26.8. The first-order valence-electron chi connectivity index (χ1n) is 12.5. The average molecular weight is 532 g/mol. The van der Waals surface area contributed by atoms with E-state index >= 15 is 0 Å². The van der Waals surface area contributed by atoms with E-state index in [0.29, 0.717) is 30.2 Å². The van der Waals surface area contributed by atoms with Gasteiger partial charge in [-0.2, -0.15) is 0 Å². The van der Waals surface area contributed by atoms with Gasteiger partial charge in [0.15, 0.2) is 0 Å². The van der Waals surface area contributed by atoms with Gasteiger partial charge in [-0.15, -0.1) is 24.9 Å². The van der Waals surface area contributed by atoms with Gasteiger partial charge in [-0.3, -0.25) is 14.4 Å². The van der Waals surface area contributed by atoms with E-state index in [1.165, 1.54) is 4.90 Å². The Morgan fingerprint density at radius 1 is 1.22 bits per heavy atom. The Kier molecular flexibility index (Phi) is 8.17. The molecule has 1 aromatic carbocycles. The minimum Gasteiger partial charge on any atom is -0.395 e. The Hall–Kier alpha value is -2.29. The van der Waals surface area contributed by atoms with Crippen molar-refractivity contribution in [2.45, 2.75) is 42.2 Å². The van der Waals surface area contributed by atoms with Crippen LogP contribution in [0.5, 0.6) is 0 Å². The summed E-state index contributed by atoms with van der Waals surface area (Å²) in [4.78, 5) is 46.8. The van der Waals surface area contributed by atoms with Crippen molar-refractivity contribution in [1.29, 1.82) is 0 Å². The van der Waals surface area contributed by atoms with Gasteiger partial charge in [0.2, 0.25) is 11.8 Å². The van der Waals surface area contributed by atoms with Crippen LogP contribution >= 0.6 is 23.4 Å². The molecule has 9 heteroatoms. The number of halogens is 1. The number of hydrogen-bond acceptors (Lipinski definition) is 5. The van der Waals surface area contributed by atoms with Gasteiger partial charge >= 0.3 is 0 Å². The topological polar surface area (TPSA) is 81.2 Å². The van der Waals surface area contributed by atoms with Crippen molar-refractivity contribution in [3.8, 4) is 0 Å². The highest BCUT2D eigenvalue weighted by atomic mass is 35.5.